The molecule has 7 nitrogen and oxygen atoms in total. The number of carboxylic acids is 1. The Morgan fingerprint density at radius 3 is 2.15 bits per heavy atom. The first-order valence-electron chi connectivity index (χ1n) is 10.6. The summed E-state index contributed by atoms with van der Waals surface area (Å²) in [6.07, 6.45) is -0.746. The van der Waals surface area contributed by atoms with Gasteiger partial charge in [0.2, 0.25) is 0 Å². The van der Waals surface area contributed by atoms with Crippen LogP contribution < -0.4 is 14.8 Å². The molecule has 33 heavy (non-hydrogen) atoms. The zero-order chi connectivity index (χ0) is 23.4. The molecular weight excluding hydrogens is 422 g/mol. The number of carbonyl (C=O) groups is 2. The zero-order valence-corrected chi connectivity index (χ0v) is 18.4. The summed E-state index contributed by atoms with van der Waals surface area (Å²) >= 11 is 0. The molecule has 170 valence electrons. The van der Waals surface area contributed by atoms with Crippen LogP contribution in [-0.2, 0) is 16.0 Å². The summed E-state index contributed by atoms with van der Waals surface area (Å²) < 4.78 is 16.0. The maximum Gasteiger partial charge on any atom is 0.407 e. The number of ether oxygens (including phenoxy) is 3. The van der Waals surface area contributed by atoms with Crippen LogP contribution in [0.5, 0.6) is 11.5 Å². The second kappa shape index (κ2) is 9.65. The van der Waals surface area contributed by atoms with Crippen molar-refractivity contribution in [1.29, 1.82) is 0 Å². The summed E-state index contributed by atoms with van der Waals surface area (Å²) in [7, 11) is 3.03. The highest BCUT2D eigenvalue weighted by Gasteiger charge is 2.30. The molecule has 7 heteroatoms. The van der Waals surface area contributed by atoms with Gasteiger partial charge in [-0.1, -0.05) is 54.6 Å². The average molecular weight is 447 g/mol. The van der Waals surface area contributed by atoms with Gasteiger partial charge in [0.05, 0.1) is 14.2 Å². The molecule has 0 heterocycles. The molecule has 2 N–H and O–H groups in total. The molecule has 0 unspecified atom stereocenters. The first-order valence-corrected chi connectivity index (χ1v) is 10.6. The Bertz CT molecular complexity index is 1130. The molecule has 1 amide bonds. The van der Waals surface area contributed by atoms with Crippen molar-refractivity contribution < 1.29 is 28.9 Å². The van der Waals surface area contributed by atoms with Gasteiger partial charge in [-0.15, -0.1) is 0 Å². The summed E-state index contributed by atoms with van der Waals surface area (Å²) in [5, 5.41) is 12.1. The predicted octanol–water partition coefficient (Wildman–Crippen LogP) is 4.24. The van der Waals surface area contributed by atoms with Gasteiger partial charge < -0.3 is 24.6 Å². The van der Waals surface area contributed by atoms with Crippen LogP contribution in [0.4, 0.5) is 4.79 Å². The third kappa shape index (κ3) is 4.62. The molecule has 0 saturated carbocycles. The van der Waals surface area contributed by atoms with E-state index < -0.39 is 18.1 Å². The van der Waals surface area contributed by atoms with Gasteiger partial charge in [-0.25, -0.2) is 9.59 Å². The van der Waals surface area contributed by atoms with E-state index in [4.69, 9.17) is 14.2 Å². The Morgan fingerprint density at radius 2 is 1.58 bits per heavy atom. The van der Waals surface area contributed by atoms with Crippen molar-refractivity contribution in [3.8, 4) is 22.6 Å². The zero-order valence-electron chi connectivity index (χ0n) is 18.4. The van der Waals surface area contributed by atoms with Gasteiger partial charge in [0, 0.05) is 18.4 Å². The number of fused-ring (bicyclic) bond motifs is 3. The highest BCUT2D eigenvalue weighted by molar-refractivity contribution is 5.81. The second-order valence-corrected chi connectivity index (χ2v) is 7.74. The molecule has 0 spiro atoms. The number of amides is 1. The summed E-state index contributed by atoms with van der Waals surface area (Å²) in [6.45, 7) is 0.109. The lowest BCUT2D eigenvalue weighted by molar-refractivity contribution is -0.139. The lowest BCUT2D eigenvalue weighted by Gasteiger charge is -2.18. The van der Waals surface area contributed by atoms with Crippen LogP contribution >= 0.6 is 0 Å². The lowest BCUT2D eigenvalue weighted by atomic mass is 9.98. The van der Waals surface area contributed by atoms with Crippen molar-refractivity contribution in [2.45, 2.75) is 18.4 Å². The summed E-state index contributed by atoms with van der Waals surface area (Å²) in [5.41, 5.74) is 5.05. The van der Waals surface area contributed by atoms with Crippen LogP contribution in [0.2, 0.25) is 0 Å². The first-order chi connectivity index (χ1) is 16.0. The Labute approximate surface area is 191 Å². The van der Waals surface area contributed by atoms with Crippen LogP contribution in [0, 0.1) is 0 Å². The van der Waals surface area contributed by atoms with Crippen molar-refractivity contribution in [2.75, 3.05) is 20.8 Å². The normalized spacial score (nSPS) is 12.9. The molecule has 0 radical (unpaired) electrons. The van der Waals surface area contributed by atoms with Crippen molar-refractivity contribution in [3.63, 3.8) is 0 Å². The van der Waals surface area contributed by atoms with Crippen LogP contribution in [0.25, 0.3) is 11.1 Å². The number of hydrogen-bond donors (Lipinski definition) is 2. The van der Waals surface area contributed by atoms with Gasteiger partial charge in [0.25, 0.3) is 0 Å². The molecule has 3 aromatic rings. The minimum atomic E-state index is -1.18. The molecule has 0 aromatic heterocycles. The average Bonchev–Trinajstić information content (AvgIpc) is 3.16. The third-order valence-corrected chi connectivity index (χ3v) is 5.85. The van der Waals surface area contributed by atoms with E-state index in [2.05, 4.69) is 17.4 Å². The van der Waals surface area contributed by atoms with E-state index in [1.807, 2.05) is 36.4 Å². The predicted molar refractivity (Wildman–Crippen MR) is 123 cm³/mol. The van der Waals surface area contributed by atoms with E-state index in [1.165, 1.54) is 14.2 Å². The summed E-state index contributed by atoms with van der Waals surface area (Å²) in [6, 6.07) is 20.0. The van der Waals surface area contributed by atoms with E-state index in [-0.39, 0.29) is 18.9 Å². The Balaban J connectivity index is 1.44. The van der Waals surface area contributed by atoms with Gasteiger partial charge >= 0.3 is 12.1 Å². The van der Waals surface area contributed by atoms with Crippen molar-refractivity contribution in [1.82, 2.24) is 5.32 Å². The molecular formula is C26H25NO6. The number of alkyl carbamates (subject to hydrolysis) is 1. The van der Waals surface area contributed by atoms with E-state index in [9.17, 15) is 14.7 Å². The first kappa shape index (κ1) is 22.2. The van der Waals surface area contributed by atoms with Gasteiger partial charge in [-0.2, -0.15) is 0 Å². The summed E-state index contributed by atoms with van der Waals surface area (Å²) in [4.78, 5) is 24.3. The monoisotopic (exact) mass is 447 g/mol. The standard InChI is InChI=1S/C26H25NO6/c1-31-17-12-11-16(24(14-17)32-2)13-23(25(28)29)27-26(30)33-15-22-20-9-5-3-7-18(20)19-8-4-6-10-21(19)22/h3-12,14,22-23H,13,15H2,1-2H3,(H,27,30)(H,28,29)/t23-/m0/s1. The highest BCUT2D eigenvalue weighted by Crippen LogP contribution is 2.44. The number of benzene rings is 3. The molecule has 1 aliphatic carbocycles. The van der Waals surface area contributed by atoms with E-state index in [1.54, 1.807) is 18.2 Å². The molecule has 1 aliphatic rings. The van der Waals surface area contributed by atoms with Crippen LogP contribution in [0.1, 0.15) is 22.6 Å². The molecule has 0 aliphatic heterocycles. The molecule has 0 fully saturated rings. The Morgan fingerprint density at radius 1 is 0.939 bits per heavy atom. The maximum absolute atomic E-state index is 12.5. The maximum atomic E-state index is 12.5. The number of carboxylic acid groups (broad SMARTS) is 1. The van der Waals surface area contributed by atoms with Gasteiger partial charge in [0.15, 0.2) is 0 Å². The quantitative estimate of drug-likeness (QED) is 0.537. The Hall–Kier alpha value is -4.00. The number of carbonyl (C=O) groups excluding carboxylic acids is 1. The SMILES string of the molecule is COc1ccc(C[C@H](NC(=O)OCC2c3ccccc3-c3ccccc32)C(=O)O)c(OC)c1. The van der Waals surface area contributed by atoms with Crippen LogP contribution in [0.3, 0.4) is 0 Å². The Kier molecular flexibility index (Phi) is 6.49. The van der Waals surface area contributed by atoms with E-state index in [0.29, 0.717) is 17.1 Å². The molecule has 0 bridgehead atoms. The smallest absolute Gasteiger partial charge is 0.407 e. The fourth-order valence-electron chi connectivity index (χ4n) is 4.22. The number of hydrogen-bond acceptors (Lipinski definition) is 5. The highest BCUT2D eigenvalue weighted by atomic mass is 16.5. The van der Waals surface area contributed by atoms with Gasteiger partial charge in [0.1, 0.15) is 24.1 Å². The summed E-state index contributed by atoms with van der Waals surface area (Å²) in [5.74, 6) is -0.198. The fraction of sp³-hybridized carbons (Fsp3) is 0.231. The minimum absolute atomic E-state index is 0.0344. The van der Waals surface area contributed by atoms with Gasteiger partial charge in [-0.05, 0) is 33.9 Å². The van der Waals surface area contributed by atoms with Crippen molar-refractivity contribution >= 4 is 12.1 Å². The third-order valence-electron chi connectivity index (χ3n) is 5.85. The van der Waals surface area contributed by atoms with Crippen LogP contribution in [0.15, 0.2) is 66.7 Å². The van der Waals surface area contributed by atoms with Gasteiger partial charge in [-0.3, -0.25) is 0 Å². The lowest BCUT2D eigenvalue weighted by Crippen LogP contribution is -2.43. The molecule has 1 atom stereocenters. The van der Waals surface area contributed by atoms with Crippen molar-refractivity contribution in [2.24, 2.45) is 0 Å². The van der Waals surface area contributed by atoms with E-state index >= 15 is 0 Å². The molecule has 4 rings (SSSR count). The van der Waals surface area contributed by atoms with Crippen LogP contribution in [-0.4, -0.2) is 44.0 Å². The number of methoxy groups -OCH3 is 2. The fourth-order valence-corrected chi connectivity index (χ4v) is 4.22. The number of rotatable bonds is 8. The molecule has 0 saturated heterocycles. The minimum Gasteiger partial charge on any atom is -0.497 e. The topological polar surface area (TPSA) is 94.1 Å². The largest absolute Gasteiger partial charge is 0.497 e. The second-order valence-electron chi connectivity index (χ2n) is 7.74. The molecule has 3 aromatic carbocycles. The number of aliphatic carboxylic acids is 1. The van der Waals surface area contributed by atoms with E-state index in [0.717, 1.165) is 22.3 Å². The van der Waals surface area contributed by atoms with Crippen molar-refractivity contribution in [3.05, 3.63) is 83.4 Å². The number of nitrogens with one attached hydrogen (secondary N) is 1.